The van der Waals surface area contributed by atoms with Gasteiger partial charge in [0.05, 0.1) is 22.6 Å². The van der Waals surface area contributed by atoms with Crippen molar-refractivity contribution in [1.82, 2.24) is 14.8 Å². The van der Waals surface area contributed by atoms with Gasteiger partial charge < -0.3 is 5.32 Å². The van der Waals surface area contributed by atoms with Gasteiger partial charge >= 0.3 is 0 Å². The Morgan fingerprint density at radius 2 is 2.31 bits per heavy atom. The van der Waals surface area contributed by atoms with Crippen LogP contribution in [-0.2, 0) is 13.6 Å². The summed E-state index contributed by atoms with van der Waals surface area (Å²) in [5.41, 5.74) is 3.02. The first-order valence-corrected chi connectivity index (χ1v) is 5.37. The summed E-state index contributed by atoms with van der Waals surface area (Å²) in [7, 11) is 1.91. The molecule has 0 saturated carbocycles. The van der Waals surface area contributed by atoms with E-state index in [1.54, 1.807) is 23.1 Å². The van der Waals surface area contributed by atoms with Crippen molar-refractivity contribution in [2.75, 3.05) is 5.32 Å². The Morgan fingerprint density at radius 3 is 2.94 bits per heavy atom. The molecule has 1 N–H and O–H groups in total. The third-order valence-corrected chi connectivity index (χ3v) is 2.68. The maximum absolute atomic E-state index is 6.01. The van der Waals surface area contributed by atoms with Crippen LogP contribution < -0.4 is 5.32 Å². The molecule has 84 valence electrons. The first kappa shape index (κ1) is 11.0. The largest absolute Gasteiger partial charge is 0.378 e. The van der Waals surface area contributed by atoms with E-state index in [1.807, 2.05) is 20.2 Å². The lowest BCUT2D eigenvalue weighted by Crippen LogP contribution is -2.00. The zero-order valence-corrected chi connectivity index (χ0v) is 9.99. The number of anilines is 1. The van der Waals surface area contributed by atoms with Crippen molar-refractivity contribution in [3.63, 3.8) is 0 Å². The molecule has 0 unspecified atom stereocenters. The molecule has 0 saturated heterocycles. The molecule has 2 heterocycles. The van der Waals surface area contributed by atoms with Crippen molar-refractivity contribution in [1.29, 1.82) is 0 Å². The van der Waals surface area contributed by atoms with Crippen molar-refractivity contribution in [2.24, 2.45) is 7.05 Å². The Kier molecular flexibility index (Phi) is 3.10. The van der Waals surface area contributed by atoms with Gasteiger partial charge in [-0.05, 0) is 13.0 Å². The summed E-state index contributed by atoms with van der Waals surface area (Å²) in [4.78, 5) is 4.02. The molecule has 0 spiro atoms. The quantitative estimate of drug-likeness (QED) is 0.890. The van der Waals surface area contributed by atoms with E-state index >= 15 is 0 Å². The second-order valence-electron chi connectivity index (χ2n) is 3.62. The second kappa shape index (κ2) is 4.53. The summed E-state index contributed by atoms with van der Waals surface area (Å²) in [5, 5.41) is 8.19. The molecule has 0 aliphatic carbocycles. The Morgan fingerprint density at radius 1 is 1.50 bits per heavy atom. The molecular weight excluding hydrogens is 224 g/mol. The van der Waals surface area contributed by atoms with Crippen LogP contribution in [0.25, 0.3) is 0 Å². The molecule has 16 heavy (non-hydrogen) atoms. The van der Waals surface area contributed by atoms with Crippen LogP contribution in [0.3, 0.4) is 0 Å². The summed E-state index contributed by atoms with van der Waals surface area (Å²) < 4.78 is 1.80. The standard InChI is InChI=1S/C11H13ClN4/c1-8-9(7-16(2)15-8)5-14-11-6-13-4-3-10(11)12/h3-4,6-7,14H,5H2,1-2H3. The topological polar surface area (TPSA) is 42.7 Å². The smallest absolute Gasteiger partial charge is 0.0718 e. The number of aromatic nitrogens is 3. The third-order valence-electron chi connectivity index (χ3n) is 2.35. The molecule has 4 nitrogen and oxygen atoms in total. The molecule has 0 aliphatic rings. The lowest BCUT2D eigenvalue weighted by molar-refractivity contribution is 0.756. The highest BCUT2D eigenvalue weighted by Crippen LogP contribution is 2.20. The monoisotopic (exact) mass is 236 g/mol. The van der Waals surface area contributed by atoms with Crippen LogP contribution in [0.2, 0.25) is 5.02 Å². The minimum absolute atomic E-state index is 0.677. The molecule has 5 heteroatoms. The van der Waals surface area contributed by atoms with Crippen molar-refractivity contribution >= 4 is 17.3 Å². The highest BCUT2D eigenvalue weighted by atomic mass is 35.5. The number of pyridine rings is 1. The Labute approximate surface area is 99.3 Å². The van der Waals surface area contributed by atoms with Gasteiger partial charge in [-0.3, -0.25) is 9.67 Å². The summed E-state index contributed by atoms with van der Waals surface area (Å²) in [5.74, 6) is 0. The van der Waals surface area contributed by atoms with Crippen molar-refractivity contribution in [2.45, 2.75) is 13.5 Å². The van der Waals surface area contributed by atoms with Crippen LogP contribution >= 0.6 is 11.6 Å². The lowest BCUT2D eigenvalue weighted by Gasteiger charge is -2.06. The zero-order chi connectivity index (χ0) is 11.5. The maximum Gasteiger partial charge on any atom is 0.0718 e. The van der Waals surface area contributed by atoms with Gasteiger partial charge in [0.25, 0.3) is 0 Å². The van der Waals surface area contributed by atoms with E-state index in [0.717, 1.165) is 16.9 Å². The fraction of sp³-hybridized carbons (Fsp3) is 0.273. The number of rotatable bonds is 3. The fourth-order valence-electron chi connectivity index (χ4n) is 1.52. The minimum Gasteiger partial charge on any atom is -0.378 e. The van der Waals surface area contributed by atoms with E-state index < -0.39 is 0 Å². The number of hydrogen-bond acceptors (Lipinski definition) is 3. The van der Waals surface area contributed by atoms with Crippen LogP contribution in [0.15, 0.2) is 24.7 Å². The van der Waals surface area contributed by atoms with Crippen LogP contribution in [0.4, 0.5) is 5.69 Å². The van der Waals surface area contributed by atoms with Gasteiger partial charge in [0, 0.05) is 31.5 Å². The zero-order valence-electron chi connectivity index (χ0n) is 9.24. The maximum atomic E-state index is 6.01. The van der Waals surface area contributed by atoms with Crippen molar-refractivity contribution in [3.05, 3.63) is 40.9 Å². The summed E-state index contributed by atoms with van der Waals surface area (Å²) in [6.45, 7) is 2.69. The Hall–Kier alpha value is -1.55. The highest BCUT2D eigenvalue weighted by Gasteiger charge is 2.04. The lowest BCUT2D eigenvalue weighted by atomic mass is 10.2. The molecule has 0 aromatic carbocycles. The summed E-state index contributed by atoms with van der Waals surface area (Å²) >= 11 is 6.01. The first-order valence-electron chi connectivity index (χ1n) is 4.99. The van der Waals surface area contributed by atoms with E-state index in [2.05, 4.69) is 15.4 Å². The van der Waals surface area contributed by atoms with Crippen LogP contribution in [0, 0.1) is 6.92 Å². The SMILES string of the molecule is Cc1nn(C)cc1CNc1cnccc1Cl. The molecule has 0 bridgehead atoms. The van der Waals surface area contributed by atoms with Gasteiger partial charge in [-0.1, -0.05) is 11.6 Å². The predicted molar refractivity (Wildman–Crippen MR) is 64.5 cm³/mol. The molecule has 0 atom stereocenters. The van der Waals surface area contributed by atoms with Gasteiger partial charge in [0.15, 0.2) is 0 Å². The van der Waals surface area contributed by atoms with Gasteiger partial charge in [-0.2, -0.15) is 5.10 Å². The van der Waals surface area contributed by atoms with Gasteiger partial charge in [0.1, 0.15) is 0 Å². The molecule has 0 fully saturated rings. The molecule has 2 aromatic heterocycles. The van der Waals surface area contributed by atoms with Crippen LogP contribution in [0.1, 0.15) is 11.3 Å². The van der Waals surface area contributed by atoms with Gasteiger partial charge in [-0.25, -0.2) is 0 Å². The highest BCUT2D eigenvalue weighted by molar-refractivity contribution is 6.33. The first-order chi connectivity index (χ1) is 7.66. The normalized spacial score (nSPS) is 10.4. The van der Waals surface area contributed by atoms with Crippen LogP contribution in [-0.4, -0.2) is 14.8 Å². The van der Waals surface area contributed by atoms with E-state index in [4.69, 9.17) is 11.6 Å². The van der Waals surface area contributed by atoms with Crippen LogP contribution in [0.5, 0.6) is 0 Å². The van der Waals surface area contributed by atoms with E-state index in [9.17, 15) is 0 Å². The second-order valence-corrected chi connectivity index (χ2v) is 4.03. The number of nitrogens with zero attached hydrogens (tertiary/aromatic N) is 3. The van der Waals surface area contributed by atoms with Gasteiger partial charge in [0.2, 0.25) is 0 Å². The average Bonchev–Trinajstić information content (AvgIpc) is 2.56. The van der Waals surface area contributed by atoms with Gasteiger partial charge in [-0.15, -0.1) is 0 Å². The number of aryl methyl sites for hydroxylation is 2. The predicted octanol–water partition coefficient (Wildman–Crippen LogP) is 2.39. The van der Waals surface area contributed by atoms with E-state index in [-0.39, 0.29) is 0 Å². The Bertz CT molecular complexity index is 492. The van der Waals surface area contributed by atoms with E-state index in [1.165, 1.54) is 0 Å². The average molecular weight is 237 g/mol. The number of hydrogen-bond donors (Lipinski definition) is 1. The molecule has 0 aliphatic heterocycles. The number of halogens is 1. The molecule has 2 aromatic rings. The summed E-state index contributed by atoms with van der Waals surface area (Å²) in [6, 6.07) is 1.76. The minimum atomic E-state index is 0.677. The molecule has 0 radical (unpaired) electrons. The van der Waals surface area contributed by atoms with Crippen molar-refractivity contribution in [3.8, 4) is 0 Å². The molecular formula is C11H13ClN4. The van der Waals surface area contributed by atoms with Crippen molar-refractivity contribution < 1.29 is 0 Å². The summed E-state index contributed by atoms with van der Waals surface area (Å²) in [6.07, 6.45) is 5.38. The van der Waals surface area contributed by atoms with E-state index in [0.29, 0.717) is 11.6 Å². The molecule has 2 rings (SSSR count). The Balaban J connectivity index is 2.08. The third kappa shape index (κ3) is 2.33. The fourth-order valence-corrected chi connectivity index (χ4v) is 1.69. The number of nitrogens with one attached hydrogen (secondary N) is 1. The molecule has 0 amide bonds.